The van der Waals surface area contributed by atoms with E-state index in [1.165, 1.54) is 0 Å². The first-order valence-electron chi connectivity index (χ1n) is 10.0. The molecule has 9 nitrogen and oxygen atoms in total. The lowest BCUT2D eigenvalue weighted by atomic mass is 10.1. The maximum atomic E-state index is 12.8. The Balaban J connectivity index is 1.37. The monoisotopic (exact) mass is 415 g/mol. The van der Waals surface area contributed by atoms with Crippen molar-refractivity contribution in [1.82, 2.24) is 24.7 Å². The van der Waals surface area contributed by atoms with Gasteiger partial charge in [0, 0.05) is 55.2 Å². The molecule has 31 heavy (non-hydrogen) atoms. The number of ether oxygens (including phenoxy) is 1. The predicted octanol–water partition coefficient (Wildman–Crippen LogP) is 2.51. The number of fused-ring (bicyclic) bond motifs is 1. The number of hydrogen-bond acceptors (Lipinski definition) is 7. The smallest absolute Gasteiger partial charge is 0.258 e. The molecule has 5 rings (SSSR count). The van der Waals surface area contributed by atoms with Gasteiger partial charge in [-0.25, -0.2) is 15.0 Å². The van der Waals surface area contributed by atoms with Crippen LogP contribution in [0.2, 0.25) is 0 Å². The first kappa shape index (κ1) is 19.1. The van der Waals surface area contributed by atoms with Crippen molar-refractivity contribution >= 4 is 28.6 Å². The van der Waals surface area contributed by atoms with Crippen LogP contribution in [-0.2, 0) is 11.8 Å². The van der Waals surface area contributed by atoms with E-state index in [2.05, 4.69) is 30.3 Å². The number of nitrogens with one attached hydrogen (secondary N) is 1. The van der Waals surface area contributed by atoms with E-state index in [9.17, 15) is 4.79 Å². The second-order valence-corrected chi connectivity index (χ2v) is 7.33. The van der Waals surface area contributed by atoms with Crippen LogP contribution in [0, 0.1) is 0 Å². The number of rotatable bonds is 4. The zero-order valence-electron chi connectivity index (χ0n) is 17.0. The number of nitrogens with zero attached hydrogens (tertiary/aromatic N) is 6. The van der Waals surface area contributed by atoms with Gasteiger partial charge < -0.3 is 9.64 Å². The Bertz CT molecular complexity index is 1250. The van der Waals surface area contributed by atoms with Crippen LogP contribution in [0.1, 0.15) is 10.4 Å². The van der Waals surface area contributed by atoms with Gasteiger partial charge in [0.15, 0.2) is 0 Å². The van der Waals surface area contributed by atoms with E-state index < -0.39 is 0 Å². The van der Waals surface area contributed by atoms with Crippen molar-refractivity contribution < 1.29 is 9.53 Å². The van der Waals surface area contributed by atoms with E-state index in [4.69, 9.17) is 4.74 Å². The number of morpholine rings is 1. The van der Waals surface area contributed by atoms with Crippen molar-refractivity contribution in [2.75, 3.05) is 36.5 Å². The molecule has 0 aliphatic carbocycles. The second kappa shape index (κ2) is 8.11. The zero-order chi connectivity index (χ0) is 21.2. The van der Waals surface area contributed by atoms with Crippen LogP contribution in [0.15, 0.2) is 55.1 Å². The predicted molar refractivity (Wildman–Crippen MR) is 117 cm³/mol. The van der Waals surface area contributed by atoms with Gasteiger partial charge in [-0.05, 0) is 23.8 Å². The van der Waals surface area contributed by atoms with Gasteiger partial charge in [0.05, 0.1) is 24.9 Å². The van der Waals surface area contributed by atoms with Gasteiger partial charge in [-0.3, -0.25) is 14.8 Å². The fraction of sp³-hybridized carbons (Fsp3) is 0.227. The standard InChI is InChI=1S/C22H21N7O2/c1-28-14-18(13-25-28)15-2-3-17-12-24-22(26-19(17)10-15)27-21(30)16-4-5-23-20(11-16)29-6-8-31-9-7-29/h2-5,10-14H,6-9H2,1H3,(H,24,26,27,30). The number of benzene rings is 1. The summed E-state index contributed by atoms with van der Waals surface area (Å²) in [6.45, 7) is 2.82. The van der Waals surface area contributed by atoms with Gasteiger partial charge in [-0.1, -0.05) is 12.1 Å². The maximum absolute atomic E-state index is 12.8. The molecule has 4 heterocycles. The van der Waals surface area contributed by atoms with Crippen molar-refractivity contribution in [3.63, 3.8) is 0 Å². The summed E-state index contributed by atoms with van der Waals surface area (Å²) >= 11 is 0. The molecule has 1 N–H and O–H groups in total. The van der Waals surface area contributed by atoms with E-state index >= 15 is 0 Å². The SMILES string of the molecule is Cn1cc(-c2ccc3cnc(NC(=O)c4ccnc(N5CCOCC5)c4)nc3c2)cn1. The fourth-order valence-corrected chi connectivity index (χ4v) is 3.53. The molecule has 4 aromatic rings. The molecule has 1 saturated heterocycles. The molecule has 1 aliphatic heterocycles. The van der Waals surface area contributed by atoms with Gasteiger partial charge >= 0.3 is 0 Å². The first-order valence-corrected chi connectivity index (χ1v) is 10.0. The molecule has 9 heteroatoms. The lowest BCUT2D eigenvalue weighted by molar-refractivity contribution is 0.102. The molecule has 0 saturated carbocycles. The van der Waals surface area contributed by atoms with Gasteiger partial charge in [0.2, 0.25) is 5.95 Å². The molecule has 0 spiro atoms. The number of carbonyl (C=O) groups is 1. The highest BCUT2D eigenvalue weighted by molar-refractivity contribution is 6.04. The number of aryl methyl sites for hydroxylation is 1. The van der Waals surface area contributed by atoms with Crippen molar-refractivity contribution in [3.05, 3.63) is 60.7 Å². The molecule has 1 aliphatic rings. The van der Waals surface area contributed by atoms with E-state index in [1.807, 2.05) is 31.4 Å². The lowest BCUT2D eigenvalue weighted by Crippen LogP contribution is -2.36. The summed E-state index contributed by atoms with van der Waals surface area (Å²) in [6.07, 6.45) is 7.10. The summed E-state index contributed by atoms with van der Waals surface area (Å²) < 4.78 is 7.14. The van der Waals surface area contributed by atoms with Crippen molar-refractivity contribution in [2.45, 2.75) is 0 Å². The van der Waals surface area contributed by atoms with Gasteiger partial charge in [-0.15, -0.1) is 0 Å². The van der Waals surface area contributed by atoms with Crippen LogP contribution in [0.5, 0.6) is 0 Å². The highest BCUT2D eigenvalue weighted by atomic mass is 16.5. The second-order valence-electron chi connectivity index (χ2n) is 7.33. The number of hydrogen-bond donors (Lipinski definition) is 1. The third kappa shape index (κ3) is 4.08. The van der Waals surface area contributed by atoms with Crippen molar-refractivity contribution in [3.8, 4) is 11.1 Å². The minimum atomic E-state index is -0.278. The molecule has 0 unspecified atom stereocenters. The molecule has 1 aromatic carbocycles. The summed E-state index contributed by atoms with van der Waals surface area (Å²) in [5.41, 5.74) is 3.25. The van der Waals surface area contributed by atoms with Crippen molar-refractivity contribution in [2.24, 2.45) is 7.05 Å². The number of anilines is 2. The molecule has 3 aromatic heterocycles. The van der Waals surface area contributed by atoms with Crippen LogP contribution in [0.25, 0.3) is 22.0 Å². The van der Waals surface area contributed by atoms with Crippen LogP contribution in [-0.4, -0.2) is 56.9 Å². The van der Waals surface area contributed by atoms with E-state index in [-0.39, 0.29) is 11.9 Å². The highest BCUT2D eigenvalue weighted by Gasteiger charge is 2.15. The van der Waals surface area contributed by atoms with Crippen LogP contribution >= 0.6 is 0 Å². The molecular formula is C22H21N7O2. The van der Waals surface area contributed by atoms with Gasteiger partial charge in [0.1, 0.15) is 5.82 Å². The van der Waals surface area contributed by atoms with Crippen LogP contribution in [0.3, 0.4) is 0 Å². The van der Waals surface area contributed by atoms with Gasteiger partial charge in [-0.2, -0.15) is 5.10 Å². The Hall–Kier alpha value is -3.85. The molecule has 0 bridgehead atoms. The van der Waals surface area contributed by atoms with Crippen molar-refractivity contribution in [1.29, 1.82) is 0 Å². The first-order chi connectivity index (χ1) is 15.2. The van der Waals surface area contributed by atoms with Crippen LogP contribution in [0.4, 0.5) is 11.8 Å². The number of carbonyl (C=O) groups excluding carboxylic acids is 1. The minimum Gasteiger partial charge on any atom is -0.378 e. The summed E-state index contributed by atoms with van der Waals surface area (Å²) in [7, 11) is 1.88. The Morgan fingerprint density at radius 3 is 2.74 bits per heavy atom. The van der Waals surface area contributed by atoms with Gasteiger partial charge in [0.25, 0.3) is 5.91 Å². The average Bonchev–Trinajstić information content (AvgIpc) is 3.25. The summed E-state index contributed by atoms with van der Waals surface area (Å²) in [5, 5.41) is 7.90. The topological polar surface area (TPSA) is 98.1 Å². The molecule has 0 atom stereocenters. The Morgan fingerprint density at radius 2 is 1.94 bits per heavy atom. The normalized spacial score (nSPS) is 14.0. The largest absolute Gasteiger partial charge is 0.378 e. The Labute approximate surface area is 178 Å². The number of aromatic nitrogens is 5. The van der Waals surface area contributed by atoms with E-state index in [0.717, 1.165) is 40.9 Å². The maximum Gasteiger partial charge on any atom is 0.258 e. The Kier molecular flexibility index (Phi) is 5.01. The van der Waals surface area contributed by atoms with E-state index in [1.54, 1.807) is 35.4 Å². The average molecular weight is 415 g/mol. The molecular weight excluding hydrogens is 394 g/mol. The molecule has 1 amide bonds. The number of pyridine rings is 1. The third-order valence-corrected chi connectivity index (χ3v) is 5.19. The van der Waals surface area contributed by atoms with Crippen LogP contribution < -0.4 is 10.2 Å². The summed E-state index contributed by atoms with van der Waals surface area (Å²) in [6, 6.07) is 9.39. The molecule has 156 valence electrons. The summed E-state index contributed by atoms with van der Waals surface area (Å²) in [4.78, 5) is 28.1. The van der Waals surface area contributed by atoms with E-state index in [0.29, 0.717) is 18.8 Å². The minimum absolute atomic E-state index is 0.255. The Morgan fingerprint density at radius 1 is 1.06 bits per heavy atom. The summed E-state index contributed by atoms with van der Waals surface area (Å²) in [5.74, 6) is 0.738. The fourth-order valence-electron chi connectivity index (χ4n) is 3.53. The number of amides is 1. The lowest BCUT2D eigenvalue weighted by Gasteiger charge is -2.27. The molecule has 1 fully saturated rings. The third-order valence-electron chi connectivity index (χ3n) is 5.19. The zero-order valence-corrected chi connectivity index (χ0v) is 17.0. The highest BCUT2D eigenvalue weighted by Crippen LogP contribution is 2.23. The quantitative estimate of drug-likeness (QED) is 0.547. The molecule has 0 radical (unpaired) electrons.